The standard InChI is InChI=1S/C12H16NO2/c1-2-15-12(14)8-7-10-5-3-4-6-11(10)9-13/h3-6,13H,2,7-9H2,1H3. The van der Waals surface area contributed by atoms with Crippen LogP contribution in [0.1, 0.15) is 24.5 Å². The molecule has 0 aliphatic heterocycles. The molecule has 0 aliphatic rings. The first-order valence-corrected chi connectivity index (χ1v) is 5.15. The van der Waals surface area contributed by atoms with E-state index in [0.29, 0.717) is 19.4 Å². The molecule has 0 atom stereocenters. The number of esters is 1. The van der Waals surface area contributed by atoms with Crippen LogP contribution in [0.4, 0.5) is 0 Å². The Morgan fingerprint density at radius 2 is 2.00 bits per heavy atom. The van der Waals surface area contributed by atoms with Gasteiger partial charge in [0, 0.05) is 13.0 Å². The largest absolute Gasteiger partial charge is 0.466 e. The molecular weight excluding hydrogens is 190 g/mol. The van der Waals surface area contributed by atoms with Gasteiger partial charge in [0.15, 0.2) is 0 Å². The van der Waals surface area contributed by atoms with Gasteiger partial charge in [-0.2, -0.15) is 0 Å². The van der Waals surface area contributed by atoms with Crippen molar-refractivity contribution in [2.75, 3.05) is 6.61 Å². The number of hydrogen-bond donors (Lipinski definition) is 0. The summed E-state index contributed by atoms with van der Waals surface area (Å²) in [5.41, 5.74) is 9.39. The summed E-state index contributed by atoms with van der Waals surface area (Å²) in [5.74, 6) is -0.169. The third kappa shape index (κ3) is 3.72. The average molecular weight is 206 g/mol. The third-order valence-corrected chi connectivity index (χ3v) is 2.21. The molecule has 0 fully saturated rings. The normalized spacial score (nSPS) is 10.0. The van der Waals surface area contributed by atoms with Crippen molar-refractivity contribution in [2.24, 2.45) is 0 Å². The second kappa shape index (κ2) is 6.19. The quantitative estimate of drug-likeness (QED) is 0.691. The van der Waals surface area contributed by atoms with Crippen LogP contribution in [0.25, 0.3) is 0 Å². The van der Waals surface area contributed by atoms with Gasteiger partial charge in [-0.25, -0.2) is 0 Å². The lowest BCUT2D eigenvalue weighted by Crippen LogP contribution is -2.06. The zero-order chi connectivity index (χ0) is 11.1. The highest BCUT2D eigenvalue weighted by Crippen LogP contribution is 2.11. The highest BCUT2D eigenvalue weighted by molar-refractivity contribution is 5.69. The first-order valence-electron chi connectivity index (χ1n) is 5.15. The molecule has 1 radical (unpaired) electrons. The molecule has 0 saturated heterocycles. The number of ether oxygens (including phenoxy) is 1. The molecule has 1 rings (SSSR count). The molecule has 0 aromatic heterocycles. The van der Waals surface area contributed by atoms with Crippen molar-refractivity contribution in [1.82, 2.24) is 5.73 Å². The molecule has 0 bridgehead atoms. The summed E-state index contributed by atoms with van der Waals surface area (Å²) < 4.78 is 4.85. The number of benzene rings is 1. The van der Waals surface area contributed by atoms with Gasteiger partial charge in [0.2, 0.25) is 0 Å². The molecule has 3 heteroatoms. The minimum Gasteiger partial charge on any atom is -0.466 e. The molecule has 0 spiro atoms. The van der Waals surface area contributed by atoms with E-state index in [1.807, 2.05) is 24.3 Å². The van der Waals surface area contributed by atoms with Crippen molar-refractivity contribution in [3.8, 4) is 0 Å². The van der Waals surface area contributed by atoms with Gasteiger partial charge in [0.25, 0.3) is 0 Å². The van der Waals surface area contributed by atoms with Crippen molar-refractivity contribution in [1.29, 1.82) is 0 Å². The minimum atomic E-state index is -0.169. The lowest BCUT2D eigenvalue weighted by atomic mass is 10.0. The fourth-order valence-corrected chi connectivity index (χ4v) is 1.44. The molecule has 0 unspecified atom stereocenters. The summed E-state index contributed by atoms with van der Waals surface area (Å²) in [6.45, 7) is 2.49. The molecule has 81 valence electrons. The highest BCUT2D eigenvalue weighted by Gasteiger charge is 2.05. The van der Waals surface area contributed by atoms with Gasteiger partial charge < -0.3 is 4.74 Å². The monoisotopic (exact) mass is 206 g/mol. The van der Waals surface area contributed by atoms with E-state index in [2.05, 4.69) is 0 Å². The second-order valence-electron chi connectivity index (χ2n) is 3.25. The van der Waals surface area contributed by atoms with Crippen molar-refractivity contribution in [3.05, 3.63) is 35.4 Å². The molecule has 1 aromatic carbocycles. The Bertz CT molecular complexity index is 323. The molecule has 1 N–H and O–H groups in total. The number of aryl methyl sites for hydroxylation is 1. The van der Waals surface area contributed by atoms with Gasteiger partial charge in [0.1, 0.15) is 0 Å². The molecular formula is C12H16NO2. The smallest absolute Gasteiger partial charge is 0.306 e. The van der Waals surface area contributed by atoms with Crippen molar-refractivity contribution in [2.45, 2.75) is 26.3 Å². The van der Waals surface area contributed by atoms with Gasteiger partial charge in [-0.3, -0.25) is 10.5 Å². The third-order valence-electron chi connectivity index (χ3n) is 2.21. The van der Waals surface area contributed by atoms with Crippen LogP contribution in [0.5, 0.6) is 0 Å². The molecule has 1 aromatic rings. The lowest BCUT2D eigenvalue weighted by Gasteiger charge is -2.06. The van der Waals surface area contributed by atoms with Crippen LogP contribution in [-0.4, -0.2) is 12.6 Å². The number of hydrogen-bond acceptors (Lipinski definition) is 2. The highest BCUT2D eigenvalue weighted by atomic mass is 16.5. The number of nitrogens with one attached hydrogen (secondary N) is 1. The van der Waals surface area contributed by atoms with Crippen LogP contribution in [0.2, 0.25) is 0 Å². The lowest BCUT2D eigenvalue weighted by molar-refractivity contribution is -0.143. The molecule has 0 saturated carbocycles. The fraction of sp³-hybridized carbons (Fsp3) is 0.417. The summed E-state index contributed by atoms with van der Waals surface area (Å²) >= 11 is 0. The zero-order valence-corrected chi connectivity index (χ0v) is 8.95. The van der Waals surface area contributed by atoms with E-state index in [9.17, 15) is 4.79 Å². The Morgan fingerprint density at radius 1 is 1.33 bits per heavy atom. The van der Waals surface area contributed by atoms with Gasteiger partial charge >= 0.3 is 5.97 Å². The summed E-state index contributed by atoms with van der Waals surface area (Å²) in [5, 5.41) is 0. The molecule has 0 aliphatic carbocycles. The predicted octanol–water partition coefficient (Wildman–Crippen LogP) is 1.97. The van der Waals surface area contributed by atoms with E-state index in [-0.39, 0.29) is 12.5 Å². The van der Waals surface area contributed by atoms with Gasteiger partial charge in [-0.1, -0.05) is 24.3 Å². The predicted molar refractivity (Wildman–Crippen MR) is 58.2 cm³/mol. The first-order chi connectivity index (χ1) is 7.27. The second-order valence-corrected chi connectivity index (χ2v) is 3.25. The first kappa shape index (κ1) is 11.7. The summed E-state index contributed by atoms with van der Waals surface area (Å²) in [6, 6.07) is 7.73. The van der Waals surface area contributed by atoms with Crippen molar-refractivity contribution >= 4 is 5.97 Å². The van der Waals surface area contributed by atoms with Crippen molar-refractivity contribution in [3.63, 3.8) is 0 Å². The summed E-state index contributed by atoms with van der Waals surface area (Å²) in [4.78, 5) is 11.1. The van der Waals surface area contributed by atoms with Crippen LogP contribution in [-0.2, 0) is 22.5 Å². The SMILES string of the molecule is CCOC(=O)CCc1ccccc1C[NH]. The van der Waals surface area contributed by atoms with Crippen LogP contribution in [0.3, 0.4) is 0 Å². The Balaban J connectivity index is 2.53. The van der Waals surface area contributed by atoms with E-state index in [4.69, 9.17) is 10.5 Å². The van der Waals surface area contributed by atoms with Gasteiger partial charge in [0.05, 0.1) is 6.61 Å². The van der Waals surface area contributed by atoms with Gasteiger partial charge in [-0.05, 0) is 24.5 Å². The summed E-state index contributed by atoms with van der Waals surface area (Å²) in [6.07, 6.45) is 1.05. The zero-order valence-electron chi connectivity index (χ0n) is 8.95. The van der Waals surface area contributed by atoms with Crippen LogP contribution in [0.15, 0.2) is 24.3 Å². The van der Waals surface area contributed by atoms with E-state index in [0.717, 1.165) is 11.1 Å². The Labute approximate surface area is 90.2 Å². The number of carbonyl (C=O) groups excluding carboxylic acids is 1. The maximum Gasteiger partial charge on any atom is 0.306 e. The molecule has 0 heterocycles. The van der Waals surface area contributed by atoms with Crippen LogP contribution in [0, 0.1) is 0 Å². The topological polar surface area (TPSA) is 50.1 Å². The molecule has 3 nitrogen and oxygen atoms in total. The van der Waals surface area contributed by atoms with E-state index in [1.54, 1.807) is 6.92 Å². The maximum absolute atomic E-state index is 11.1. The maximum atomic E-state index is 11.1. The summed E-state index contributed by atoms with van der Waals surface area (Å²) in [7, 11) is 0. The Kier molecular flexibility index (Phi) is 4.84. The van der Waals surface area contributed by atoms with Gasteiger partial charge in [-0.15, -0.1) is 0 Å². The molecule has 0 amide bonds. The molecule has 15 heavy (non-hydrogen) atoms. The van der Waals surface area contributed by atoms with E-state index in [1.165, 1.54) is 0 Å². The van der Waals surface area contributed by atoms with Crippen molar-refractivity contribution < 1.29 is 9.53 Å². The Morgan fingerprint density at radius 3 is 2.60 bits per heavy atom. The van der Waals surface area contributed by atoms with Crippen LogP contribution < -0.4 is 5.73 Å². The Hall–Kier alpha value is -1.35. The fourth-order valence-electron chi connectivity index (χ4n) is 1.44. The van der Waals surface area contributed by atoms with E-state index >= 15 is 0 Å². The van der Waals surface area contributed by atoms with Crippen LogP contribution >= 0.6 is 0 Å². The minimum absolute atomic E-state index is 0.169. The number of rotatable bonds is 5. The van der Waals surface area contributed by atoms with E-state index < -0.39 is 0 Å². The average Bonchev–Trinajstić information content (AvgIpc) is 2.27. The number of carbonyl (C=O) groups is 1.